The molecule has 0 N–H and O–H groups in total. The third-order valence-corrected chi connectivity index (χ3v) is 3.30. The summed E-state index contributed by atoms with van der Waals surface area (Å²) >= 11 is 5.21. The van der Waals surface area contributed by atoms with E-state index in [4.69, 9.17) is 11.6 Å². The van der Waals surface area contributed by atoms with E-state index in [0.29, 0.717) is 6.07 Å². The molecule has 0 aliphatic heterocycles. The quantitative estimate of drug-likeness (QED) is 0.632. The van der Waals surface area contributed by atoms with Crippen LogP contribution in [0.3, 0.4) is 0 Å². The lowest BCUT2D eigenvalue weighted by Gasteiger charge is -2.12. The van der Waals surface area contributed by atoms with Crippen molar-refractivity contribution in [3.8, 4) is 0 Å². The van der Waals surface area contributed by atoms with Gasteiger partial charge in [-0.05, 0) is 12.1 Å². The second-order valence-corrected chi connectivity index (χ2v) is 4.92. The molecule has 0 bridgehead atoms. The monoisotopic (exact) mass is 288 g/mol. The first-order valence-electron chi connectivity index (χ1n) is 4.40. The van der Waals surface area contributed by atoms with Crippen LogP contribution in [0.15, 0.2) is 29.2 Å². The average Bonchev–Trinajstić information content (AvgIpc) is 2.25. The Morgan fingerprint density at radius 2 is 1.82 bits per heavy atom. The highest BCUT2D eigenvalue weighted by molar-refractivity contribution is 7.86. The van der Waals surface area contributed by atoms with Crippen molar-refractivity contribution in [3.05, 3.63) is 29.8 Å². The Hall–Kier alpha value is -0.790. The number of hydrogen-bond donors (Lipinski definition) is 0. The Balaban J connectivity index is 3.23. The van der Waals surface area contributed by atoms with Gasteiger partial charge < -0.3 is 0 Å². The molecule has 1 aromatic rings. The summed E-state index contributed by atoms with van der Waals surface area (Å²) in [5, 5.41) is 0. The van der Waals surface area contributed by atoms with Crippen LogP contribution >= 0.6 is 11.6 Å². The van der Waals surface area contributed by atoms with E-state index >= 15 is 0 Å². The van der Waals surface area contributed by atoms with Crippen LogP contribution in [0.2, 0.25) is 0 Å². The van der Waals surface area contributed by atoms with Gasteiger partial charge in [0, 0.05) is 5.88 Å². The molecule has 8 heteroatoms. The van der Waals surface area contributed by atoms with E-state index in [2.05, 4.69) is 4.18 Å². The topological polar surface area (TPSA) is 43.4 Å². The third-order valence-electron chi connectivity index (χ3n) is 1.78. The van der Waals surface area contributed by atoms with Crippen molar-refractivity contribution in [2.45, 2.75) is 11.1 Å². The maximum atomic E-state index is 12.6. The predicted octanol–water partition coefficient (Wildman–Crippen LogP) is 2.65. The number of halogens is 4. The van der Waals surface area contributed by atoms with Crippen LogP contribution in [0.25, 0.3) is 0 Å². The summed E-state index contributed by atoms with van der Waals surface area (Å²) in [7, 11) is -4.44. The molecule has 0 radical (unpaired) electrons. The normalized spacial score (nSPS) is 12.7. The summed E-state index contributed by atoms with van der Waals surface area (Å²) in [4.78, 5) is -0.905. The molecular weight excluding hydrogens is 281 g/mol. The Bertz CT molecular complexity index is 485. The fourth-order valence-corrected chi connectivity index (χ4v) is 2.42. The zero-order valence-corrected chi connectivity index (χ0v) is 9.94. The first-order valence-corrected chi connectivity index (χ1v) is 6.35. The molecule has 17 heavy (non-hydrogen) atoms. The van der Waals surface area contributed by atoms with Crippen molar-refractivity contribution in [2.24, 2.45) is 0 Å². The highest BCUT2D eigenvalue weighted by Gasteiger charge is 2.37. The fraction of sp³-hybridized carbons (Fsp3) is 0.333. The van der Waals surface area contributed by atoms with E-state index in [0.717, 1.165) is 12.1 Å². The molecule has 0 atom stereocenters. The molecule has 0 unspecified atom stereocenters. The van der Waals surface area contributed by atoms with Crippen molar-refractivity contribution in [1.82, 2.24) is 0 Å². The zero-order valence-electron chi connectivity index (χ0n) is 8.37. The maximum Gasteiger partial charge on any atom is 0.417 e. The summed E-state index contributed by atoms with van der Waals surface area (Å²) in [5.41, 5.74) is -1.26. The van der Waals surface area contributed by atoms with Gasteiger partial charge in [0.05, 0.1) is 12.2 Å². The molecule has 0 aliphatic rings. The van der Waals surface area contributed by atoms with Gasteiger partial charge in [0.25, 0.3) is 10.1 Å². The molecule has 0 amide bonds. The Labute approximate surface area is 101 Å². The van der Waals surface area contributed by atoms with Gasteiger partial charge in [-0.25, -0.2) is 0 Å². The Morgan fingerprint density at radius 3 is 2.35 bits per heavy atom. The van der Waals surface area contributed by atoms with Crippen LogP contribution in [0.1, 0.15) is 5.56 Å². The highest BCUT2D eigenvalue weighted by Crippen LogP contribution is 2.34. The van der Waals surface area contributed by atoms with E-state index in [9.17, 15) is 21.6 Å². The number of hydrogen-bond acceptors (Lipinski definition) is 3. The van der Waals surface area contributed by atoms with Crippen molar-refractivity contribution in [3.63, 3.8) is 0 Å². The van der Waals surface area contributed by atoms with E-state index in [1.54, 1.807) is 0 Å². The molecule has 0 saturated heterocycles. The van der Waals surface area contributed by atoms with Crippen LogP contribution in [0.4, 0.5) is 13.2 Å². The summed E-state index contributed by atoms with van der Waals surface area (Å²) < 4.78 is 65.0. The molecule has 3 nitrogen and oxygen atoms in total. The van der Waals surface area contributed by atoms with E-state index in [1.165, 1.54) is 6.07 Å². The predicted molar refractivity (Wildman–Crippen MR) is 55.3 cm³/mol. The Kier molecular flexibility index (Phi) is 4.40. The summed E-state index contributed by atoms with van der Waals surface area (Å²) in [6, 6.07) is 3.80. The molecule has 0 heterocycles. The van der Waals surface area contributed by atoms with Gasteiger partial charge in [0.15, 0.2) is 0 Å². The lowest BCUT2D eigenvalue weighted by atomic mass is 10.2. The molecule has 0 aromatic heterocycles. The van der Waals surface area contributed by atoms with E-state index in [1.807, 2.05) is 0 Å². The second kappa shape index (κ2) is 5.24. The molecule has 1 rings (SSSR count). The smallest absolute Gasteiger partial charge is 0.265 e. The number of alkyl halides is 4. The molecule has 1 aromatic carbocycles. The average molecular weight is 289 g/mol. The summed E-state index contributed by atoms with van der Waals surface area (Å²) in [5.74, 6) is -0.132. The molecular formula is C9H8ClF3O3S. The van der Waals surface area contributed by atoms with Crippen molar-refractivity contribution in [1.29, 1.82) is 0 Å². The molecule has 0 spiro atoms. The molecule has 0 fully saturated rings. The lowest BCUT2D eigenvalue weighted by molar-refractivity contribution is -0.140. The third kappa shape index (κ3) is 3.58. The highest BCUT2D eigenvalue weighted by atomic mass is 35.5. The second-order valence-electron chi connectivity index (χ2n) is 2.96. The van der Waals surface area contributed by atoms with Gasteiger partial charge in [-0.1, -0.05) is 12.1 Å². The van der Waals surface area contributed by atoms with E-state index in [-0.39, 0.29) is 12.5 Å². The standard InChI is InChI=1S/C9H8ClF3O3S/c10-5-6-16-17(14,15)8-4-2-1-3-7(8)9(11,12)13/h1-4H,5-6H2. The number of benzene rings is 1. The maximum absolute atomic E-state index is 12.6. The van der Waals surface area contributed by atoms with Gasteiger partial charge in [0.2, 0.25) is 0 Å². The zero-order chi connectivity index (χ0) is 13.1. The largest absolute Gasteiger partial charge is 0.417 e. The summed E-state index contributed by atoms with van der Waals surface area (Å²) in [6.07, 6.45) is -4.76. The Morgan fingerprint density at radius 1 is 1.24 bits per heavy atom. The van der Waals surface area contributed by atoms with Gasteiger partial charge in [-0.3, -0.25) is 4.18 Å². The van der Waals surface area contributed by atoms with Crippen molar-refractivity contribution in [2.75, 3.05) is 12.5 Å². The lowest BCUT2D eigenvalue weighted by Crippen LogP contribution is -2.15. The van der Waals surface area contributed by atoms with Crippen LogP contribution in [0, 0.1) is 0 Å². The van der Waals surface area contributed by atoms with Crippen LogP contribution in [0.5, 0.6) is 0 Å². The summed E-state index contributed by atoms with van der Waals surface area (Å²) in [6.45, 7) is -0.379. The van der Waals surface area contributed by atoms with Crippen molar-refractivity contribution >= 4 is 21.7 Å². The van der Waals surface area contributed by atoms with E-state index < -0.39 is 26.8 Å². The van der Waals surface area contributed by atoms with Crippen LogP contribution in [-0.2, 0) is 20.5 Å². The van der Waals surface area contributed by atoms with Crippen LogP contribution < -0.4 is 0 Å². The SMILES string of the molecule is O=S(=O)(OCCCl)c1ccccc1C(F)(F)F. The molecule has 96 valence electrons. The van der Waals surface area contributed by atoms with Crippen LogP contribution in [-0.4, -0.2) is 20.9 Å². The number of rotatable bonds is 4. The minimum atomic E-state index is -4.76. The van der Waals surface area contributed by atoms with Gasteiger partial charge in [-0.15, -0.1) is 11.6 Å². The van der Waals surface area contributed by atoms with Crippen molar-refractivity contribution < 1.29 is 25.8 Å². The minimum Gasteiger partial charge on any atom is -0.265 e. The minimum absolute atomic E-state index is 0.132. The van der Waals surface area contributed by atoms with Gasteiger partial charge >= 0.3 is 6.18 Å². The van der Waals surface area contributed by atoms with Gasteiger partial charge in [-0.2, -0.15) is 21.6 Å². The fourth-order valence-electron chi connectivity index (χ4n) is 1.12. The molecule has 0 aliphatic carbocycles. The first kappa shape index (κ1) is 14.3. The molecule has 0 saturated carbocycles. The first-order chi connectivity index (χ1) is 7.79. The van der Waals surface area contributed by atoms with Gasteiger partial charge in [0.1, 0.15) is 4.90 Å².